The summed E-state index contributed by atoms with van der Waals surface area (Å²) in [6, 6.07) is 8.51. The molecule has 20 heavy (non-hydrogen) atoms. The van der Waals surface area contributed by atoms with Gasteiger partial charge in [0.25, 0.3) is 0 Å². The minimum Gasteiger partial charge on any atom is -0.496 e. The van der Waals surface area contributed by atoms with Crippen LogP contribution in [0.2, 0.25) is 10.0 Å². The molecule has 0 spiro atoms. The van der Waals surface area contributed by atoms with E-state index in [9.17, 15) is 13.2 Å². The molecule has 0 aromatic heterocycles. The van der Waals surface area contributed by atoms with Crippen molar-refractivity contribution >= 4 is 23.2 Å². The average Bonchev–Trinajstić information content (AvgIpc) is 2.40. The van der Waals surface area contributed by atoms with E-state index in [0.717, 1.165) is 6.07 Å². The van der Waals surface area contributed by atoms with Gasteiger partial charge in [0.15, 0.2) is 0 Å². The molecule has 0 saturated carbocycles. The van der Waals surface area contributed by atoms with Gasteiger partial charge in [0.05, 0.1) is 22.7 Å². The van der Waals surface area contributed by atoms with Crippen molar-refractivity contribution in [3.8, 4) is 16.9 Å². The third kappa shape index (κ3) is 3.02. The highest BCUT2D eigenvalue weighted by molar-refractivity contribution is 6.42. The smallest absolute Gasteiger partial charge is 0.419 e. The van der Waals surface area contributed by atoms with Crippen LogP contribution in [-0.4, -0.2) is 7.11 Å². The molecule has 2 aromatic carbocycles. The molecule has 0 amide bonds. The molecule has 0 bridgehead atoms. The second kappa shape index (κ2) is 5.54. The predicted molar refractivity (Wildman–Crippen MR) is 73.5 cm³/mol. The topological polar surface area (TPSA) is 9.23 Å². The van der Waals surface area contributed by atoms with Crippen molar-refractivity contribution in [1.29, 1.82) is 0 Å². The van der Waals surface area contributed by atoms with Crippen LogP contribution in [0.5, 0.6) is 5.75 Å². The Labute approximate surface area is 123 Å². The van der Waals surface area contributed by atoms with Crippen LogP contribution in [0, 0.1) is 0 Å². The molecule has 0 fully saturated rings. The first kappa shape index (κ1) is 15.0. The quantitative estimate of drug-likeness (QED) is 0.690. The Morgan fingerprint density at radius 3 is 2.05 bits per heavy atom. The van der Waals surface area contributed by atoms with E-state index in [4.69, 9.17) is 27.9 Å². The number of rotatable bonds is 2. The van der Waals surface area contributed by atoms with E-state index in [1.54, 1.807) is 6.07 Å². The van der Waals surface area contributed by atoms with Crippen molar-refractivity contribution in [2.24, 2.45) is 0 Å². The van der Waals surface area contributed by atoms with Gasteiger partial charge in [0.1, 0.15) is 5.75 Å². The van der Waals surface area contributed by atoms with E-state index in [2.05, 4.69) is 0 Å². The normalized spacial score (nSPS) is 11.5. The van der Waals surface area contributed by atoms with Gasteiger partial charge < -0.3 is 4.74 Å². The van der Waals surface area contributed by atoms with Crippen LogP contribution in [0.3, 0.4) is 0 Å². The maximum absolute atomic E-state index is 12.9. The van der Waals surface area contributed by atoms with Gasteiger partial charge in [-0.25, -0.2) is 0 Å². The van der Waals surface area contributed by atoms with Gasteiger partial charge in [-0.3, -0.25) is 0 Å². The molecule has 0 unspecified atom stereocenters. The molecule has 2 aromatic rings. The second-order valence-corrected chi connectivity index (χ2v) is 4.86. The van der Waals surface area contributed by atoms with E-state index in [-0.39, 0.29) is 10.8 Å². The van der Waals surface area contributed by atoms with E-state index >= 15 is 0 Å². The molecule has 0 saturated heterocycles. The zero-order chi connectivity index (χ0) is 14.9. The molecular formula is C14H9Cl2F3O. The Morgan fingerprint density at radius 1 is 0.900 bits per heavy atom. The molecule has 6 heteroatoms. The monoisotopic (exact) mass is 320 g/mol. The van der Waals surface area contributed by atoms with Crippen LogP contribution >= 0.6 is 23.2 Å². The Hall–Kier alpha value is -1.39. The molecule has 106 valence electrons. The summed E-state index contributed by atoms with van der Waals surface area (Å²) in [6.07, 6.45) is -4.49. The minimum absolute atomic E-state index is 0.221. The van der Waals surface area contributed by atoms with Crippen molar-refractivity contribution in [2.75, 3.05) is 7.11 Å². The fourth-order valence-corrected chi connectivity index (χ4v) is 2.08. The van der Waals surface area contributed by atoms with Gasteiger partial charge in [-0.1, -0.05) is 35.3 Å². The molecule has 0 radical (unpaired) electrons. The predicted octanol–water partition coefficient (Wildman–Crippen LogP) is 5.69. The van der Waals surface area contributed by atoms with Gasteiger partial charge >= 0.3 is 6.18 Å². The lowest BCUT2D eigenvalue weighted by Crippen LogP contribution is -2.07. The lowest BCUT2D eigenvalue weighted by Gasteiger charge is -2.13. The number of hydrogen-bond donors (Lipinski definition) is 0. The molecule has 0 aliphatic rings. The summed E-state index contributed by atoms with van der Waals surface area (Å²) in [5.41, 5.74) is 0.104. The summed E-state index contributed by atoms with van der Waals surface area (Å²) < 4.78 is 43.6. The molecule has 1 nitrogen and oxygen atoms in total. The Balaban J connectivity index is 2.55. The first-order valence-electron chi connectivity index (χ1n) is 5.53. The summed E-state index contributed by atoms with van der Waals surface area (Å²) in [4.78, 5) is 0. The van der Waals surface area contributed by atoms with Gasteiger partial charge in [0, 0.05) is 0 Å². The van der Waals surface area contributed by atoms with Crippen LogP contribution in [0.25, 0.3) is 11.1 Å². The molecule has 0 aliphatic heterocycles. The highest BCUT2D eigenvalue weighted by Gasteiger charge is 2.34. The zero-order valence-electron chi connectivity index (χ0n) is 10.3. The SMILES string of the molecule is COc1ccc(-c2ccc(Cl)c(Cl)c2)cc1C(F)(F)F. The standard InChI is InChI=1S/C14H9Cl2F3O/c1-20-13-5-3-8(6-10(13)14(17,18)19)9-2-4-11(15)12(16)7-9/h2-7H,1H3. The highest BCUT2D eigenvalue weighted by atomic mass is 35.5. The van der Waals surface area contributed by atoms with Gasteiger partial charge in [0.2, 0.25) is 0 Å². The second-order valence-electron chi connectivity index (χ2n) is 4.04. The molecule has 0 atom stereocenters. The maximum Gasteiger partial charge on any atom is 0.419 e. The minimum atomic E-state index is -4.49. The summed E-state index contributed by atoms with van der Waals surface area (Å²) in [5.74, 6) is -0.221. The van der Waals surface area contributed by atoms with Crippen LogP contribution < -0.4 is 4.74 Å². The van der Waals surface area contributed by atoms with Crippen molar-refractivity contribution in [3.63, 3.8) is 0 Å². The molecule has 0 heterocycles. The van der Waals surface area contributed by atoms with E-state index in [0.29, 0.717) is 16.1 Å². The van der Waals surface area contributed by atoms with Crippen molar-refractivity contribution in [3.05, 3.63) is 52.0 Å². The third-order valence-electron chi connectivity index (χ3n) is 2.76. The Morgan fingerprint density at radius 2 is 1.50 bits per heavy atom. The summed E-state index contributed by atoms with van der Waals surface area (Å²) in [6.45, 7) is 0. The molecule has 0 aliphatic carbocycles. The zero-order valence-corrected chi connectivity index (χ0v) is 11.8. The van der Waals surface area contributed by atoms with Crippen molar-refractivity contribution < 1.29 is 17.9 Å². The lowest BCUT2D eigenvalue weighted by atomic mass is 10.0. The third-order valence-corrected chi connectivity index (χ3v) is 3.50. The number of alkyl halides is 3. The first-order valence-corrected chi connectivity index (χ1v) is 6.29. The summed E-state index contributed by atoms with van der Waals surface area (Å²) >= 11 is 11.7. The fraction of sp³-hybridized carbons (Fsp3) is 0.143. The largest absolute Gasteiger partial charge is 0.496 e. The van der Waals surface area contributed by atoms with Gasteiger partial charge in [-0.05, 0) is 35.4 Å². The first-order chi connectivity index (χ1) is 9.32. The van der Waals surface area contributed by atoms with Crippen molar-refractivity contribution in [1.82, 2.24) is 0 Å². The van der Waals surface area contributed by atoms with Crippen molar-refractivity contribution in [2.45, 2.75) is 6.18 Å². The Bertz CT molecular complexity index is 639. The lowest BCUT2D eigenvalue weighted by molar-refractivity contribution is -0.138. The van der Waals surface area contributed by atoms with Crippen LogP contribution in [0.4, 0.5) is 13.2 Å². The number of ether oxygens (including phenoxy) is 1. The molecular weight excluding hydrogens is 312 g/mol. The fourth-order valence-electron chi connectivity index (χ4n) is 1.78. The van der Waals surface area contributed by atoms with Crippen LogP contribution in [0.15, 0.2) is 36.4 Å². The van der Waals surface area contributed by atoms with E-state index < -0.39 is 11.7 Å². The molecule has 0 N–H and O–H groups in total. The summed E-state index contributed by atoms with van der Waals surface area (Å²) in [5, 5.41) is 0.633. The van der Waals surface area contributed by atoms with Gasteiger partial charge in [-0.2, -0.15) is 13.2 Å². The van der Waals surface area contributed by atoms with Crippen LogP contribution in [0.1, 0.15) is 5.56 Å². The average molecular weight is 321 g/mol. The summed E-state index contributed by atoms with van der Waals surface area (Å²) in [7, 11) is 1.20. The number of halogens is 5. The Kier molecular flexibility index (Phi) is 4.16. The van der Waals surface area contributed by atoms with Gasteiger partial charge in [-0.15, -0.1) is 0 Å². The maximum atomic E-state index is 12.9. The number of methoxy groups -OCH3 is 1. The molecule has 2 rings (SSSR count). The van der Waals surface area contributed by atoms with E-state index in [1.807, 2.05) is 0 Å². The van der Waals surface area contributed by atoms with Crippen LogP contribution in [-0.2, 0) is 6.18 Å². The van der Waals surface area contributed by atoms with E-state index in [1.165, 1.54) is 31.4 Å². The number of benzene rings is 2. The number of hydrogen-bond acceptors (Lipinski definition) is 1. The highest BCUT2D eigenvalue weighted by Crippen LogP contribution is 2.39.